The highest BCUT2D eigenvalue weighted by Crippen LogP contribution is 2.25. The van der Waals surface area contributed by atoms with Crippen LogP contribution in [0.15, 0.2) is 48.5 Å². The van der Waals surface area contributed by atoms with Crippen LogP contribution in [0.1, 0.15) is 68.1 Å². The standard InChI is InChI=1S/C24H29N3O2/c1-5-6-11-21-25-23(24(2,3)4)26-27(21)16-17-12-14-18(15-13-17)19-9-7-8-10-20(19)22(28)29/h7-10,12-15H,5-6,11,16H2,1-4H3,(H,28,29). The van der Waals surface area contributed by atoms with Crippen LogP contribution >= 0.6 is 0 Å². The fourth-order valence-electron chi connectivity index (χ4n) is 3.22. The van der Waals surface area contributed by atoms with Gasteiger partial charge in [0.15, 0.2) is 5.82 Å². The molecule has 29 heavy (non-hydrogen) atoms. The third-order valence-corrected chi connectivity index (χ3v) is 4.93. The van der Waals surface area contributed by atoms with Crippen molar-refractivity contribution in [1.82, 2.24) is 14.8 Å². The van der Waals surface area contributed by atoms with Crippen molar-refractivity contribution in [2.75, 3.05) is 0 Å². The van der Waals surface area contributed by atoms with E-state index in [1.54, 1.807) is 12.1 Å². The number of hydrogen-bond donors (Lipinski definition) is 1. The summed E-state index contributed by atoms with van der Waals surface area (Å²) < 4.78 is 2.01. The SMILES string of the molecule is CCCCc1nc(C(C)(C)C)nn1Cc1ccc(-c2ccccc2C(=O)O)cc1. The zero-order valence-corrected chi connectivity index (χ0v) is 17.6. The molecule has 0 amide bonds. The van der Waals surface area contributed by atoms with E-state index in [9.17, 15) is 9.90 Å². The second-order valence-electron chi connectivity index (χ2n) is 8.41. The maximum Gasteiger partial charge on any atom is 0.336 e. The van der Waals surface area contributed by atoms with Crippen molar-refractivity contribution in [1.29, 1.82) is 0 Å². The van der Waals surface area contributed by atoms with E-state index in [2.05, 4.69) is 27.7 Å². The van der Waals surface area contributed by atoms with Crippen LogP contribution in [0.4, 0.5) is 0 Å². The van der Waals surface area contributed by atoms with Gasteiger partial charge in [0, 0.05) is 11.8 Å². The number of carboxylic acids is 1. The Morgan fingerprint density at radius 3 is 2.38 bits per heavy atom. The van der Waals surface area contributed by atoms with Crippen molar-refractivity contribution >= 4 is 5.97 Å². The molecule has 0 atom stereocenters. The molecular formula is C24H29N3O2. The van der Waals surface area contributed by atoms with Gasteiger partial charge in [-0.15, -0.1) is 0 Å². The number of aryl methyl sites for hydroxylation is 1. The Labute approximate surface area is 172 Å². The van der Waals surface area contributed by atoms with Gasteiger partial charge in [-0.2, -0.15) is 5.10 Å². The molecule has 0 aliphatic rings. The van der Waals surface area contributed by atoms with E-state index < -0.39 is 5.97 Å². The van der Waals surface area contributed by atoms with Crippen molar-refractivity contribution in [3.05, 3.63) is 71.3 Å². The van der Waals surface area contributed by atoms with Crippen LogP contribution in [0.5, 0.6) is 0 Å². The number of unbranched alkanes of at least 4 members (excludes halogenated alkanes) is 1. The minimum absolute atomic E-state index is 0.0867. The molecule has 152 valence electrons. The van der Waals surface area contributed by atoms with E-state index in [-0.39, 0.29) is 5.41 Å². The highest BCUT2D eigenvalue weighted by molar-refractivity contribution is 5.95. The van der Waals surface area contributed by atoms with E-state index in [1.165, 1.54) is 0 Å². The molecule has 0 radical (unpaired) electrons. The number of hydrogen-bond acceptors (Lipinski definition) is 3. The van der Waals surface area contributed by atoms with Crippen molar-refractivity contribution < 1.29 is 9.90 Å². The summed E-state index contributed by atoms with van der Waals surface area (Å²) in [6.45, 7) is 9.23. The highest BCUT2D eigenvalue weighted by Gasteiger charge is 2.21. The quantitative estimate of drug-likeness (QED) is 0.591. The van der Waals surface area contributed by atoms with Gasteiger partial charge in [-0.3, -0.25) is 0 Å². The first-order valence-corrected chi connectivity index (χ1v) is 10.2. The van der Waals surface area contributed by atoms with Gasteiger partial charge in [0.2, 0.25) is 0 Å². The number of rotatable bonds is 7. The van der Waals surface area contributed by atoms with Crippen molar-refractivity contribution in [2.45, 2.75) is 58.9 Å². The lowest BCUT2D eigenvalue weighted by atomic mass is 9.96. The Hall–Kier alpha value is -2.95. The maximum atomic E-state index is 11.5. The number of carboxylic acid groups (broad SMARTS) is 1. The largest absolute Gasteiger partial charge is 0.478 e. The molecule has 0 bridgehead atoms. The molecular weight excluding hydrogens is 362 g/mol. The Bertz CT molecular complexity index is 982. The van der Waals surface area contributed by atoms with Crippen molar-refractivity contribution in [3.63, 3.8) is 0 Å². The molecule has 5 nitrogen and oxygen atoms in total. The van der Waals surface area contributed by atoms with Crippen molar-refractivity contribution in [2.24, 2.45) is 0 Å². The van der Waals surface area contributed by atoms with Crippen LogP contribution in [-0.2, 0) is 18.4 Å². The number of aromatic nitrogens is 3. The molecule has 0 fully saturated rings. The monoisotopic (exact) mass is 391 g/mol. The summed E-state index contributed by atoms with van der Waals surface area (Å²) in [5.74, 6) is 0.982. The first kappa shape index (κ1) is 20.8. The van der Waals surface area contributed by atoms with Crippen LogP contribution in [0, 0.1) is 0 Å². The average molecular weight is 392 g/mol. The molecule has 5 heteroatoms. The Morgan fingerprint density at radius 1 is 1.07 bits per heavy atom. The number of aromatic carboxylic acids is 1. The predicted molar refractivity (Wildman–Crippen MR) is 115 cm³/mol. The lowest BCUT2D eigenvalue weighted by Gasteiger charge is -2.12. The summed E-state index contributed by atoms with van der Waals surface area (Å²) in [5.41, 5.74) is 2.96. The summed E-state index contributed by atoms with van der Waals surface area (Å²) in [6.07, 6.45) is 3.13. The molecule has 0 spiro atoms. The van der Waals surface area contributed by atoms with E-state index in [0.717, 1.165) is 47.6 Å². The van der Waals surface area contributed by atoms with Gasteiger partial charge >= 0.3 is 5.97 Å². The zero-order chi connectivity index (χ0) is 21.0. The van der Waals surface area contributed by atoms with Crippen LogP contribution in [0.2, 0.25) is 0 Å². The third kappa shape index (κ3) is 4.91. The normalized spacial score (nSPS) is 11.6. The topological polar surface area (TPSA) is 68.0 Å². The third-order valence-electron chi connectivity index (χ3n) is 4.93. The number of nitrogens with zero attached hydrogens (tertiary/aromatic N) is 3. The second kappa shape index (κ2) is 8.60. The molecule has 1 aromatic heterocycles. The first-order chi connectivity index (χ1) is 13.8. The fourth-order valence-corrected chi connectivity index (χ4v) is 3.22. The van der Waals surface area contributed by atoms with Gasteiger partial charge in [0.1, 0.15) is 5.82 Å². The number of benzene rings is 2. The summed E-state index contributed by atoms with van der Waals surface area (Å²) in [5, 5.41) is 14.2. The zero-order valence-electron chi connectivity index (χ0n) is 17.6. The summed E-state index contributed by atoms with van der Waals surface area (Å²) in [7, 11) is 0. The molecule has 0 unspecified atom stereocenters. The molecule has 0 saturated heterocycles. The van der Waals surface area contributed by atoms with Crippen LogP contribution in [-0.4, -0.2) is 25.8 Å². The van der Waals surface area contributed by atoms with E-state index in [1.807, 2.05) is 41.1 Å². The van der Waals surface area contributed by atoms with Gasteiger partial charge in [0.05, 0.1) is 12.1 Å². The summed E-state index contributed by atoms with van der Waals surface area (Å²) >= 11 is 0. The van der Waals surface area contributed by atoms with Gasteiger partial charge in [0.25, 0.3) is 0 Å². The molecule has 3 rings (SSSR count). The lowest BCUT2D eigenvalue weighted by molar-refractivity contribution is 0.0697. The molecule has 1 N–H and O–H groups in total. The molecule has 1 heterocycles. The number of carbonyl (C=O) groups is 1. The van der Waals surface area contributed by atoms with Gasteiger partial charge in [-0.05, 0) is 29.2 Å². The highest BCUT2D eigenvalue weighted by atomic mass is 16.4. The summed E-state index contributed by atoms with van der Waals surface area (Å²) in [6, 6.07) is 15.1. The smallest absolute Gasteiger partial charge is 0.336 e. The van der Waals surface area contributed by atoms with Gasteiger partial charge in [-0.25, -0.2) is 14.5 Å². The Morgan fingerprint density at radius 2 is 1.76 bits per heavy atom. The minimum atomic E-state index is -0.914. The minimum Gasteiger partial charge on any atom is -0.478 e. The van der Waals surface area contributed by atoms with Crippen LogP contribution < -0.4 is 0 Å². The molecule has 0 aliphatic heterocycles. The predicted octanol–water partition coefficient (Wildman–Crippen LogP) is 5.33. The molecule has 3 aromatic rings. The Kier molecular flexibility index (Phi) is 6.16. The fraction of sp³-hybridized carbons (Fsp3) is 0.375. The van der Waals surface area contributed by atoms with E-state index in [0.29, 0.717) is 12.1 Å². The maximum absolute atomic E-state index is 11.5. The molecule has 0 aliphatic carbocycles. The Balaban J connectivity index is 1.87. The van der Waals surface area contributed by atoms with Gasteiger partial charge < -0.3 is 5.11 Å². The molecule has 0 saturated carbocycles. The van der Waals surface area contributed by atoms with Crippen molar-refractivity contribution in [3.8, 4) is 11.1 Å². The lowest BCUT2D eigenvalue weighted by Crippen LogP contribution is -2.14. The van der Waals surface area contributed by atoms with Crippen LogP contribution in [0.25, 0.3) is 11.1 Å². The molecule has 2 aromatic carbocycles. The van der Waals surface area contributed by atoms with Gasteiger partial charge in [-0.1, -0.05) is 76.6 Å². The summed E-state index contributed by atoms with van der Waals surface area (Å²) in [4.78, 5) is 16.3. The second-order valence-corrected chi connectivity index (χ2v) is 8.41. The first-order valence-electron chi connectivity index (χ1n) is 10.2. The average Bonchev–Trinajstić information content (AvgIpc) is 3.10. The van der Waals surface area contributed by atoms with Crippen LogP contribution in [0.3, 0.4) is 0 Å². The van der Waals surface area contributed by atoms with E-state index >= 15 is 0 Å². The van der Waals surface area contributed by atoms with E-state index in [4.69, 9.17) is 10.1 Å².